The van der Waals surface area contributed by atoms with Gasteiger partial charge in [0.15, 0.2) is 0 Å². The van der Waals surface area contributed by atoms with E-state index in [9.17, 15) is 0 Å². The van der Waals surface area contributed by atoms with E-state index in [1.54, 1.807) is 0 Å². The number of rotatable bonds is 5. The SMILES string of the molecule is O=C1c2nc3c1c(-c1ccccc1)nc(-c1ccccc1)c3c1ccc([nH]1)c(-c1ccccc1)c1nc(c(-c3ccccc3)c3ccc([nH]3)c2-c2ccccc2)C=C1. The highest BCUT2D eigenvalue weighted by molar-refractivity contribution is 6.27. The molecule has 6 nitrogen and oxygen atoms in total. The molecule has 2 aliphatic heterocycles. The highest BCUT2D eigenvalue weighted by Crippen LogP contribution is 2.42. The smallest absolute Gasteiger partial charge is 0.216 e. The number of aromatic amines is 2. The number of carbonyl (C=O) groups is 1. The number of ketones is 1. The fourth-order valence-corrected chi connectivity index (χ4v) is 8.35. The summed E-state index contributed by atoms with van der Waals surface area (Å²) in [5.74, 6) is -0.181. The molecule has 0 saturated heterocycles. The summed E-state index contributed by atoms with van der Waals surface area (Å²) in [6.45, 7) is 0. The first-order valence-electron chi connectivity index (χ1n) is 19.3. The van der Waals surface area contributed by atoms with Crippen LogP contribution in [0, 0.1) is 0 Å². The molecule has 2 N–H and O–H groups in total. The molecule has 8 bridgehead atoms. The van der Waals surface area contributed by atoms with E-state index in [1.807, 2.05) is 121 Å². The maximum atomic E-state index is 15.4. The number of hydrogen-bond donors (Lipinski definition) is 2. The Labute approximate surface area is 333 Å². The minimum absolute atomic E-state index is 0.181. The van der Waals surface area contributed by atoms with E-state index in [2.05, 4.69) is 76.7 Å². The first-order valence-corrected chi connectivity index (χ1v) is 19.3. The Kier molecular flexibility index (Phi) is 7.86. The molecule has 4 aromatic heterocycles. The number of hydrogen-bond acceptors (Lipinski definition) is 4. The molecule has 58 heavy (non-hydrogen) atoms. The third-order valence-electron chi connectivity index (χ3n) is 11.0. The van der Waals surface area contributed by atoms with Crippen molar-refractivity contribution in [3.63, 3.8) is 0 Å². The Bertz CT molecular complexity index is 3260. The summed E-state index contributed by atoms with van der Waals surface area (Å²) in [6, 6.07) is 59.1. The van der Waals surface area contributed by atoms with Crippen LogP contribution in [-0.2, 0) is 0 Å². The summed E-state index contributed by atoms with van der Waals surface area (Å²) in [4.78, 5) is 39.2. The second kappa shape index (κ2) is 13.7. The summed E-state index contributed by atoms with van der Waals surface area (Å²) in [7, 11) is 0. The van der Waals surface area contributed by atoms with Crippen LogP contribution in [0.4, 0.5) is 0 Å². The van der Waals surface area contributed by atoms with Crippen molar-refractivity contribution in [3.05, 3.63) is 199 Å². The number of fused-ring (bicyclic) bond motifs is 8. The fraction of sp³-hybridized carbons (Fsp3) is 0. The summed E-state index contributed by atoms with van der Waals surface area (Å²) < 4.78 is 0. The molecule has 0 saturated carbocycles. The van der Waals surface area contributed by atoms with E-state index >= 15 is 4.79 Å². The summed E-state index contributed by atoms with van der Waals surface area (Å²) in [5.41, 5.74) is 15.0. The Morgan fingerprint density at radius 1 is 0.328 bits per heavy atom. The Hall–Kier alpha value is -7.96. The summed E-state index contributed by atoms with van der Waals surface area (Å²) >= 11 is 0. The lowest BCUT2D eigenvalue weighted by atomic mass is 9.95. The maximum absolute atomic E-state index is 15.4. The van der Waals surface area contributed by atoms with Crippen molar-refractivity contribution in [2.45, 2.75) is 0 Å². The van der Waals surface area contributed by atoms with Gasteiger partial charge in [-0.15, -0.1) is 0 Å². The maximum Gasteiger partial charge on any atom is 0.216 e. The Morgan fingerprint density at radius 2 is 0.724 bits per heavy atom. The van der Waals surface area contributed by atoms with Gasteiger partial charge in [-0.05, 0) is 53.1 Å². The fourth-order valence-electron chi connectivity index (χ4n) is 8.35. The number of nitrogens with zero attached hydrogens (tertiary/aromatic N) is 3. The van der Waals surface area contributed by atoms with Crippen molar-refractivity contribution in [1.29, 1.82) is 0 Å². The van der Waals surface area contributed by atoms with E-state index in [4.69, 9.17) is 15.0 Å². The normalized spacial score (nSPS) is 12.1. The zero-order valence-electron chi connectivity index (χ0n) is 31.1. The standard InChI is InChI=1S/C52H33N5O/c58-52-47-49(36-24-14-5-15-25-36)56-48(35-22-12-4-13-23-35)46-42-31-29-40(55-42)44(33-18-8-2-9-19-33)38-27-26-37(53-38)43(32-16-6-1-7-17-32)39-28-30-41(54-39)45(51(52)57-50(46)47)34-20-10-3-11-21-34/h1-31,54-55H. The van der Waals surface area contributed by atoms with Crippen LogP contribution < -0.4 is 0 Å². The van der Waals surface area contributed by atoms with Crippen LogP contribution in [0.15, 0.2) is 176 Å². The van der Waals surface area contributed by atoms with Crippen LogP contribution in [0.2, 0.25) is 0 Å². The van der Waals surface area contributed by atoms with Crippen LogP contribution in [0.5, 0.6) is 0 Å². The number of pyridine rings is 1. The Balaban J connectivity index is 1.39. The molecule has 6 heterocycles. The number of H-pyrrole nitrogens is 2. The number of nitrogens with one attached hydrogen (secondary N) is 2. The average Bonchev–Trinajstić information content (AvgIpc) is 4.12. The van der Waals surface area contributed by atoms with Gasteiger partial charge in [0.1, 0.15) is 5.69 Å². The number of aromatic nitrogens is 5. The van der Waals surface area contributed by atoms with Crippen molar-refractivity contribution in [2.75, 3.05) is 0 Å². The second-order valence-corrected chi connectivity index (χ2v) is 14.4. The quantitative estimate of drug-likeness (QED) is 0.184. The molecule has 0 spiro atoms. The van der Waals surface area contributed by atoms with Gasteiger partial charge in [0.25, 0.3) is 0 Å². The highest BCUT2D eigenvalue weighted by atomic mass is 16.1. The molecule has 0 aliphatic carbocycles. The third-order valence-corrected chi connectivity index (χ3v) is 11.0. The zero-order valence-corrected chi connectivity index (χ0v) is 31.1. The van der Waals surface area contributed by atoms with Gasteiger partial charge in [-0.25, -0.2) is 15.0 Å². The minimum Gasteiger partial charge on any atom is -0.354 e. The van der Waals surface area contributed by atoms with E-state index in [0.29, 0.717) is 28.0 Å². The first kappa shape index (κ1) is 33.4. The predicted molar refractivity (Wildman–Crippen MR) is 236 cm³/mol. The molecular formula is C52H33N5O. The van der Waals surface area contributed by atoms with Crippen molar-refractivity contribution < 1.29 is 4.79 Å². The average molecular weight is 744 g/mol. The van der Waals surface area contributed by atoms with Crippen molar-refractivity contribution in [3.8, 4) is 55.9 Å². The predicted octanol–water partition coefficient (Wildman–Crippen LogP) is 12.6. The van der Waals surface area contributed by atoms with E-state index in [1.165, 1.54) is 0 Å². The molecule has 0 atom stereocenters. The molecule has 5 aromatic carbocycles. The second-order valence-electron chi connectivity index (χ2n) is 14.4. The Morgan fingerprint density at radius 3 is 1.22 bits per heavy atom. The van der Waals surface area contributed by atoms with Gasteiger partial charge >= 0.3 is 0 Å². The van der Waals surface area contributed by atoms with Gasteiger partial charge in [-0.2, -0.15) is 0 Å². The van der Waals surface area contributed by atoms with Crippen molar-refractivity contribution in [1.82, 2.24) is 24.9 Å². The first-order chi connectivity index (χ1) is 28.7. The van der Waals surface area contributed by atoms with E-state index in [-0.39, 0.29) is 5.78 Å². The lowest BCUT2D eigenvalue weighted by Gasteiger charge is -2.12. The molecule has 6 heteroatoms. The number of carbonyl (C=O) groups excluding carboxylic acids is 1. The topological polar surface area (TPSA) is 87.3 Å². The van der Waals surface area contributed by atoms with Gasteiger partial charge in [0.05, 0.1) is 44.8 Å². The monoisotopic (exact) mass is 743 g/mol. The molecule has 272 valence electrons. The van der Waals surface area contributed by atoms with Crippen LogP contribution in [0.3, 0.4) is 0 Å². The summed E-state index contributed by atoms with van der Waals surface area (Å²) in [6.07, 6.45) is 4.19. The van der Waals surface area contributed by atoms with Gasteiger partial charge in [0.2, 0.25) is 5.78 Å². The van der Waals surface area contributed by atoms with Gasteiger partial charge < -0.3 is 9.97 Å². The molecular weight excluding hydrogens is 711 g/mol. The third kappa shape index (κ3) is 5.50. The number of benzene rings is 5. The largest absolute Gasteiger partial charge is 0.354 e. The lowest BCUT2D eigenvalue weighted by molar-refractivity contribution is 0.104. The molecule has 9 aromatic rings. The summed E-state index contributed by atoms with van der Waals surface area (Å²) in [5, 5.41) is 0.755. The lowest BCUT2D eigenvalue weighted by Crippen LogP contribution is -2.04. The molecule has 0 unspecified atom stereocenters. The highest BCUT2D eigenvalue weighted by Gasteiger charge is 2.32. The van der Waals surface area contributed by atoms with Gasteiger partial charge in [-0.1, -0.05) is 152 Å². The van der Waals surface area contributed by atoms with Crippen LogP contribution >= 0.6 is 0 Å². The molecule has 0 fully saturated rings. The van der Waals surface area contributed by atoms with E-state index in [0.717, 1.165) is 83.5 Å². The van der Waals surface area contributed by atoms with Gasteiger partial charge in [0, 0.05) is 44.4 Å². The zero-order chi connectivity index (χ0) is 38.6. The van der Waals surface area contributed by atoms with Crippen LogP contribution in [0.25, 0.3) is 101 Å². The van der Waals surface area contributed by atoms with Crippen molar-refractivity contribution >= 4 is 50.9 Å². The minimum atomic E-state index is -0.181. The molecule has 11 rings (SSSR count). The molecule has 0 radical (unpaired) electrons. The van der Waals surface area contributed by atoms with Crippen molar-refractivity contribution in [2.24, 2.45) is 0 Å². The molecule has 0 amide bonds. The van der Waals surface area contributed by atoms with Crippen LogP contribution in [-0.4, -0.2) is 30.7 Å². The van der Waals surface area contributed by atoms with Crippen LogP contribution in [0.1, 0.15) is 27.4 Å². The molecule has 2 aliphatic rings. The van der Waals surface area contributed by atoms with E-state index < -0.39 is 0 Å². The van der Waals surface area contributed by atoms with Gasteiger partial charge in [-0.3, -0.25) is 4.79 Å².